The van der Waals surface area contributed by atoms with Crippen LogP contribution in [0, 0.1) is 17.1 Å². The van der Waals surface area contributed by atoms with E-state index in [0.29, 0.717) is 23.7 Å². The molecule has 2 rings (SSSR count). The van der Waals surface area contributed by atoms with Gasteiger partial charge in [-0.05, 0) is 25.5 Å². The summed E-state index contributed by atoms with van der Waals surface area (Å²) in [4.78, 5) is 4.77. The number of halogens is 1. The predicted octanol–water partition coefficient (Wildman–Crippen LogP) is 2.61. The van der Waals surface area contributed by atoms with Gasteiger partial charge in [0.05, 0.1) is 11.6 Å². The van der Waals surface area contributed by atoms with Gasteiger partial charge in [-0.3, -0.25) is 9.80 Å². The third kappa shape index (κ3) is 3.56. The molecular weight excluding hydrogens is 253 g/mol. The third-order valence-electron chi connectivity index (χ3n) is 4.20. The predicted molar refractivity (Wildman–Crippen MR) is 77.7 cm³/mol. The molecule has 1 heterocycles. The minimum absolute atomic E-state index is 0.270. The molecule has 1 atom stereocenters. The molecule has 0 aromatic heterocycles. The van der Waals surface area contributed by atoms with Gasteiger partial charge in [0.1, 0.15) is 5.82 Å². The number of piperazine rings is 1. The van der Waals surface area contributed by atoms with Crippen LogP contribution in [0.25, 0.3) is 0 Å². The Labute approximate surface area is 120 Å². The second-order valence-electron chi connectivity index (χ2n) is 5.49. The van der Waals surface area contributed by atoms with Crippen LogP contribution in [0.5, 0.6) is 0 Å². The van der Waals surface area contributed by atoms with Crippen LogP contribution in [-0.2, 0) is 6.54 Å². The Bertz CT molecular complexity index is 487. The minimum atomic E-state index is -0.270. The molecule has 1 fully saturated rings. The Morgan fingerprint density at radius 3 is 2.55 bits per heavy atom. The van der Waals surface area contributed by atoms with Crippen LogP contribution in [0.1, 0.15) is 31.4 Å². The fourth-order valence-corrected chi connectivity index (χ4v) is 2.61. The molecule has 0 spiro atoms. The summed E-state index contributed by atoms with van der Waals surface area (Å²) in [6.45, 7) is 9.15. The van der Waals surface area contributed by atoms with Crippen LogP contribution in [0.4, 0.5) is 4.39 Å². The van der Waals surface area contributed by atoms with Crippen LogP contribution in [-0.4, -0.2) is 42.0 Å². The van der Waals surface area contributed by atoms with Gasteiger partial charge >= 0.3 is 0 Å². The van der Waals surface area contributed by atoms with Gasteiger partial charge in [0.2, 0.25) is 0 Å². The molecule has 1 aromatic rings. The van der Waals surface area contributed by atoms with Crippen LogP contribution in [0.3, 0.4) is 0 Å². The molecule has 0 amide bonds. The summed E-state index contributed by atoms with van der Waals surface area (Å²) in [5.74, 6) is -0.270. The maximum atomic E-state index is 13.9. The van der Waals surface area contributed by atoms with Gasteiger partial charge < -0.3 is 0 Å². The van der Waals surface area contributed by atoms with Crippen molar-refractivity contribution >= 4 is 0 Å². The first kappa shape index (κ1) is 15.0. The zero-order valence-electron chi connectivity index (χ0n) is 12.3. The maximum Gasteiger partial charge on any atom is 0.129 e. The molecule has 1 aliphatic rings. The van der Waals surface area contributed by atoms with Crippen LogP contribution in [0.2, 0.25) is 0 Å². The molecule has 0 aliphatic carbocycles. The Hall–Kier alpha value is -1.44. The van der Waals surface area contributed by atoms with Gasteiger partial charge in [-0.1, -0.05) is 13.0 Å². The lowest BCUT2D eigenvalue weighted by molar-refractivity contribution is 0.0957. The SMILES string of the molecule is CCC(C)N1CCN(Cc2ccc(C#N)cc2F)CC1. The average molecular weight is 275 g/mol. The van der Waals surface area contributed by atoms with E-state index in [-0.39, 0.29) is 5.82 Å². The van der Waals surface area contributed by atoms with E-state index in [1.54, 1.807) is 12.1 Å². The second-order valence-corrected chi connectivity index (χ2v) is 5.49. The van der Waals surface area contributed by atoms with Crippen molar-refractivity contribution in [3.8, 4) is 6.07 Å². The van der Waals surface area contributed by atoms with E-state index < -0.39 is 0 Å². The molecule has 20 heavy (non-hydrogen) atoms. The lowest BCUT2D eigenvalue weighted by Crippen LogP contribution is -2.49. The summed E-state index contributed by atoms with van der Waals surface area (Å²) in [6.07, 6.45) is 1.17. The first-order valence-corrected chi connectivity index (χ1v) is 7.29. The summed E-state index contributed by atoms with van der Waals surface area (Å²) in [7, 11) is 0. The van der Waals surface area contributed by atoms with E-state index in [2.05, 4.69) is 23.6 Å². The zero-order valence-corrected chi connectivity index (χ0v) is 12.3. The molecule has 1 aromatic carbocycles. The fourth-order valence-electron chi connectivity index (χ4n) is 2.61. The highest BCUT2D eigenvalue weighted by atomic mass is 19.1. The van der Waals surface area contributed by atoms with Crippen molar-refractivity contribution in [2.75, 3.05) is 26.2 Å². The third-order valence-corrected chi connectivity index (χ3v) is 4.20. The van der Waals surface area contributed by atoms with E-state index in [0.717, 1.165) is 26.2 Å². The largest absolute Gasteiger partial charge is 0.298 e. The lowest BCUT2D eigenvalue weighted by atomic mass is 10.1. The number of nitrogens with zero attached hydrogens (tertiary/aromatic N) is 3. The smallest absolute Gasteiger partial charge is 0.129 e. The monoisotopic (exact) mass is 275 g/mol. The van der Waals surface area contributed by atoms with Crippen molar-refractivity contribution in [3.63, 3.8) is 0 Å². The molecular formula is C16H22FN3. The fraction of sp³-hybridized carbons (Fsp3) is 0.562. The number of nitriles is 1. The lowest BCUT2D eigenvalue weighted by Gasteiger charge is -2.37. The molecule has 0 N–H and O–H groups in total. The zero-order chi connectivity index (χ0) is 14.5. The van der Waals surface area contributed by atoms with Gasteiger partial charge in [0.25, 0.3) is 0 Å². The van der Waals surface area contributed by atoms with Crippen molar-refractivity contribution in [1.29, 1.82) is 5.26 Å². The van der Waals surface area contributed by atoms with Crippen molar-refractivity contribution < 1.29 is 4.39 Å². The van der Waals surface area contributed by atoms with Crippen molar-refractivity contribution in [2.24, 2.45) is 0 Å². The van der Waals surface area contributed by atoms with Crippen molar-refractivity contribution in [3.05, 3.63) is 35.1 Å². The summed E-state index contributed by atoms with van der Waals surface area (Å²) < 4.78 is 13.9. The highest BCUT2D eigenvalue weighted by Gasteiger charge is 2.20. The maximum absolute atomic E-state index is 13.9. The van der Waals surface area contributed by atoms with E-state index in [4.69, 9.17) is 5.26 Å². The molecule has 1 saturated heterocycles. The Morgan fingerprint density at radius 2 is 2.00 bits per heavy atom. The van der Waals surface area contributed by atoms with E-state index in [1.165, 1.54) is 12.5 Å². The highest BCUT2D eigenvalue weighted by Crippen LogP contribution is 2.15. The Kier molecular flexibility index (Phi) is 5.11. The molecule has 0 radical (unpaired) electrons. The quantitative estimate of drug-likeness (QED) is 0.846. The summed E-state index contributed by atoms with van der Waals surface area (Å²) in [5.41, 5.74) is 1.06. The van der Waals surface area contributed by atoms with Crippen LogP contribution < -0.4 is 0 Å². The van der Waals surface area contributed by atoms with Crippen LogP contribution in [0.15, 0.2) is 18.2 Å². The molecule has 0 bridgehead atoms. The Morgan fingerprint density at radius 1 is 1.30 bits per heavy atom. The van der Waals surface area contributed by atoms with Gasteiger partial charge in [-0.25, -0.2) is 4.39 Å². The highest BCUT2D eigenvalue weighted by molar-refractivity contribution is 5.32. The minimum Gasteiger partial charge on any atom is -0.298 e. The van der Waals surface area contributed by atoms with Gasteiger partial charge in [0.15, 0.2) is 0 Å². The molecule has 108 valence electrons. The molecule has 1 aliphatic heterocycles. The first-order valence-electron chi connectivity index (χ1n) is 7.29. The number of benzene rings is 1. The Balaban J connectivity index is 1.91. The van der Waals surface area contributed by atoms with Crippen molar-refractivity contribution in [1.82, 2.24) is 9.80 Å². The summed E-state index contributed by atoms with van der Waals surface area (Å²) in [5, 5.41) is 8.75. The van der Waals surface area contributed by atoms with Gasteiger partial charge in [0, 0.05) is 44.3 Å². The standard InChI is InChI=1S/C16H22FN3/c1-3-13(2)20-8-6-19(7-9-20)12-15-5-4-14(11-18)10-16(15)17/h4-5,10,13H,3,6-9,12H2,1-2H3. The van der Waals surface area contributed by atoms with Gasteiger partial charge in [-0.2, -0.15) is 5.26 Å². The number of rotatable bonds is 4. The van der Waals surface area contributed by atoms with Crippen molar-refractivity contribution in [2.45, 2.75) is 32.9 Å². The topological polar surface area (TPSA) is 30.3 Å². The molecule has 3 nitrogen and oxygen atoms in total. The molecule has 0 saturated carbocycles. The van der Waals surface area contributed by atoms with E-state index in [9.17, 15) is 4.39 Å². The second kappa shape index (κ2) is 6.83. The number of hydrogen-bond acceptors (Lipinski definition) is 3. The average Bonchev–Trinajstić information content (AvgIpc) is 2.49. The normalized spacial score (nSPS) is 18.7. The van der Waals surface area contributed by atoms with Gasteiger partial charge in [-0.15, -0.1) is 0 Å². The molecule has 1 unspecified atom stereocenters. The molecule has 4 heteroatoms. The van der Waals surface area contributed by atoms with E-state index in [1.807, 2.05) is 6.07 Å². The van der Waals surface area contributed by atoms with Crippen LogP contribution >= 0.6 is 0 Å². The first-order chi connectivity index (χ1) is 9.63. The summed E-state index contributed by atoms with van der Waals surface area (Å²) in [6, 6.07) is 7.34. The number of hydrogen-bond donors (Lipinski definition) is 0. The summed E-state index contributed by atoms with van der Waals surface area (Å²) >= 11 is 0. The van der Waals surface area contributed by atoms with E-state index >= 15 is 0 Å².